The third kappa shape index (κ3) is 5.72. The topological polar surface area (TPSA) is 82.3 Å². The zero-order chi connectivity index (χ0) is 26.7. The first kappa shape index (κ1) is 26.5. The molecular formula is C27H24ClF3N2O4. The van der Waals surface area contributed by atoms with E-state index in [0.717, 1.165) is 37.6 Å². The number of pyridine rings is 1. The average molecular weight is 533 g/mol. The van der Waals surface area contributed by atoms with Gasteiger partial charge in [-0.1, -0.05) is 36.9 Å². The van der Waals surface area contributed by atoms with Crippen LogP contribution in [-0.2, 0) is 9.53 Å². The lowest BCUT2D eigenvalue weighted by Gasteiger charge is -2.28. The molecule has 1 heterocycles. The third-order valence-corrected chi connectivity index (χ3v) is 6.93. The molecule has 4 rings (SSSR count). The van der Waals surface area contributed by atoms with Crippen LogP contribution in [0.15, 0.2) is 54.7 Å². The third-order valence-electron chi connectivity index (χ3n) is 6.64. The van der Waals surface area contributed by atoms with Crippen molar-refractivity contribution < 1.29 is 32.2 Å². The lowest BCUT2D eigenvalue weighted by molar-refractivity contribution is -0.614. The summed E-state index contributed by atoms with van der Waals surface area (Å²) >= 11 is 5.87. The van der Waals surface area contributed by atoms with E-state index in [1.54, 1.807) is 0 Å². The van der Waals surface area contributed by atoms with Gasteiger partial charge in [0.2, 0.25) is 11.6 Å². The fourth-order valence-electron chi connectivity index (χ4n) is 4.42. The fraction of sp³-hybridized carbons (Fsp3) is 0.296. The lowest BCUT2D eigenvalue weighted by Crippen LogP contribution is -2.38. The number of esters is 1. The van der Waals surface area contributed by atoms with E-state index >= 15 is 0 Å². The van der Waals surface area contributed by atoms with Gasteiger partial charge in [-0.3, -0.25) is 4.79 Å². The molecule has 1 aromatic heterocycles. The van der Waals surface area contributed by atoms with E-state index in [0.29, 0.717) is 22.4 Å². The number of amides is 1. The molecule has 1 aliphatic rings. The van der Waals surface area contributed by atoms with Gasteiger partial charge >= 0.3 is 5.97 Å². The van der Waals surface area contributed by atoms with Crippen LogP contribution in [-0.4, -0.2) is 19.0 Å². The van der Waals surface area contributed by atoms with Crippen molar-refractivity contribution in [3.05, 3.63) is 87.6 Å². The molecule has 37 heavy (non-hydrogen) atoms. The maximum atomic E-state index is 14.9. The van der Waals surface area contributed by atoms with Gasteiger partial charge in [0, 0.05) is 28.9 Å². The number of aromatic nitrogens is 1. The minimum Gasteiger partial charge on any atom is -0.618 e. The van der Waals surface area contributed by atoms with Gasteiger partial charge < -0.3 is 15.3 Å². The molecule has 6 nitrogen and oxygen atoms in total. The van der Waals surface area contributed by atoms with Crippen molar-refractivity contribution in [1.82, 2.24) is 0 Å². The van der Waals surface area contributed by atoms with Crippen molar-refractivity contribution in [3.63, 3.8) is 0 Å². The molecule has 10 heteroatoms. The monoisotopic (exact) mass is 532 g/mol. The van der Waals surface area contributed by atoms with Gasteiger partial charge in [-0.05, 0) is 48.2 Å². The highest BCUT2D eigenvalue weighted by molar-refractivity contribution is 6.31. The van der Waals surface area contributed by atoms with Crippen LogP contribution in [0.3, 0.4) is 0 Å². The van der Waals surface area contributed by atoms with Gasteiger partial charge in [0.15, 0.2) is 6.20 Å². The average Bonchev–Trinajstić information content (AvgIpc) is 2.85. The molecule has 1 amide bonds. The Kier molecular flexibility index (Phi) is 8.02. The van der Waals surface area contributed by atoms with Gasteiger partial charge in [-0.15, -0.1) is 0 Å². The minimum atomic E-state index is -2.98. The zero-order valence-electron chi connectivity index (χ0n) is 19.8. The van der Waals surface area contributed by atoms with E-state index in [9.17, 15) is 28.0 Å². The number of benzene rings is 2. The molecule has 2 aromatic carbocycles. The van der Waals surface area contributed by atoms with E-state index in [-0.39, 0.29) is 22.2 Å². The van der Waals surface area contributed by atoms with Gasteiger partial charge in [-0.25, -0.2) is 18.0 Å². The molecule has 1 saturated carbocycles. The van der Waals surface area contributed by atoms with Gasteiger partial charge in [0.1, 0.15) is 11.7 Å². The highest BCUT2D eigenvalue weighted by Crippen LogP contribution is 2.39. The van der Waals surface area contributed by atoms with Crippen LogP contribution in [0.1, 0.15) is 59.6 Å². The molecule has 3 aromatic rings. The van der Waals surface area contributed by atoms with E-state index in [1.807, 2.05) is 0 Å². The van der Waals surface area contributed by atoms with E-state index in [1.165, 1.54) is 43.5 Å². The van der Waals surface area contributed by atoms with Gasteiger partial charge in [0.25, 0.3) is 6.43 Å². The van der Waals surface area contributed by atoms with Crippen molar-refractivity contribution in [1.29, 1.82) is 0 Å². The molecular weight excluding hydrogens is 509 g/mol. The number of hydrogen-bond acceptors (Lipinski definition) is 4. The summed E-state index contributed by atoms with van der Waals surface area (Å²) < 4.78 is 47.5. The van der Waals surface area contributed by atoms with Crippen molar-refractivity contribution in [3.8, 4) is 11.1 Å². The first-order valence-electron chi connectivity index (χ1n) is 11.7. The summed E-state index contributed by atoms with van der Waals surface area (Å²) in [7, 11) is 1.26. The van der Waals surface area contributed by atoms with Crippen LogP contribution in [0.5, 0.6) is 0 Å². The summed E-state index contributed by atoms with van der Waals surface area (Å²) in [4.78, 5) is 25.1. The number of ether oxygens (including phenoxy) is 1. The molecule has 0 bridgehead atoms. The molecule has 194 valence electrons. The number of nitrogens with one attached hydrogen (secondary N) is 1. The highest BCUT2D eigenvalue weighted by Gasteiger charge is 2.34. The van der Waals surface area contributed by atoms with E-state index < -0.39 is 41.2 Å². The SMILES string of the molecule is COC(=O)c1ccc(NC(=O)C(CC2CCC2)c2cc(-c3c(C(F)F)ccc(Cl)c3F)cc[n+]2[O-])cc1. The van der Waals surface area contributed by atoms with E-state index in [4.69, 9.17) is 11.6 Å². The zero-order valence-corrected chi connectivity index (χ0v) is 20.6. The Bertz CT molecular complexity index is 1310. The highest BCUT2D eigenvalue weighted by atomic mass is 35.5. The van der Waals surface area contributed by atoms with Crippen molar-refractivity contribution in [2.24, 2.45) is 5.92 Å². The Morgan fingerprint density at radius 3 is 2.46 bits per heavy atom. The number of halogens is 4. The van der Waals surface area contributed by atoms with Crippen molar-refractivity contribution in [2.75, 3.05) is 12.4 Å². The summed E-state index contributed by atoms with van der Waals surface area (Å²) in [5, 5.41) is 15.3. The number of anilines is 1. The van der Waals surface area contributed by atoms with Gasteiger partial charge in [-0.2, -0.15) is 4.73 Å². The molecule has 1 unspecified atom stereocenters. The lowest BCUT2D eigenvalue weighted by atomic mass is 9.77. The minimum absolute atomic E-state index is 0.00710. The Morgan fingerprint density at radius 1 is 1.16 bits per heavy atom. The van der Waals surface area contributed by atoms with Crippen LogP contribution >= 0.6 is 11.6 Å². The maximum Gasteiger partial charge on any atom is 0.337 e. The molecule has 1 fully saturated rings. The van der Waals surface area contributed by atoms with Crippen molar-refractivity contribution in [2.45, 2.75) is 38.0 Å². The van der Waals surface area contributed by atoms with Crippen LogP contribution in [0, 0.1) is 16.9 Å². The number of alkyl halides is 2. The predicted octanol–water partition coefficient (Wildman–Crippen LogP) is 6.42. The summed E-state index contributed by atoms with van der Waals surface area (Å²) in [6.07, 6.45) is 1.26. The number of carbonyl (C=O) groups excluding carboxylic acids is 2. The molecule has 1 N–H and O–H groups in total. The summed E-state index contributed by atoms with van der Waals surface area (Å²) in [5.41, 5.74) is -0.257. The number of nitrogens with zero attached hydrogens (tertiary/aromatic N) is 1. The second-order valence-electron chi connectivity index (χ2n) is 8.94. The van der Waals surface area contributed by atoms with Gasteiger partial charge in [0.05, 0.1) is 17.7 Å². The normalized spacial score (nSPS) is 14.2. The molecule has 0 saturated heterocycles. The molecule has 0 radical (unpaired) electrons. The maximum absolute atomic E-state index is 14.9. The Hall–Kier alpha value is -3.59. The second kappa shape index (κ2) is 11.2. The van der Waals surface area contributed by atoms with Crippen LogP contribution in [0.25, 0.3) is 11.1 Å². The summed E-state index contributed by atoms with van der Waals surface area (Å²) in [5.74, 6) is -2.76. The first-order valence-corrected chi connectivity index (χ1v) is 12.1. The number of carbonyl (C=O) groups is 2. The molecule has 1 atom stereocenters. The predicted molar refractivity (Wildman–Crippen MR) is 132 cm³/mol. The second-order valence-corrected chi connectivity index (χ2v) is 9.34. The van der Waals surface area contributed by atoms with Crippen molar-refractivity contribution >= 4 is 29.2 Å². The Balaban J connectivity index is 1.71. The number of hydrogen-bond donors (Lipinski definition) is 1. The number of methoxy groups -OCH3 is 1. The smallest absolute Gasteiger partial charge is 0.337 e. The fourth-order valence-corrected chi connectivity index (χ4v) is 4.57. The van der Waals surface area contributed by atoms with Crippen LogP contribution in [0.4, 0.5) is 18.9 Å². The molecule has 0 aliphatic heterocycles. The first-order chi connectivity index (χ1) is 17.7. The standard InChI is InChI=1S/C27H24ClF3N2O4/c1-37-27(35)16-5-7-18(8-6-16)32-26(34)20(13-15-3-2-4-15)22-14-17(11-12-33(22)36)23-19(25(30)31)9-10-21(28)24(23)29/h5-12,14-15,20,25H,2-4,13H2,1H3,(H,32,34). The quantitative estimate of drug-likeness (QED) is 0.206. The summed E-state index contributed by atoms with van der Waals surface area (Å²) in [6.45, 7) is 0. The van der Waals surface area contributed by atoms with Crippen LogP contribution < -0.4 is 10.0 Å². The number of rotatable bonds is 8. The molecule has 1 aliphatic carbocycles. The summed E-state index contributed by atoms with van der Waals surface area (Å²) in [6, 6.07) is 10.6. The van der Waals surface area contributed by atoms with Crippen LogP contribution in [0.2, 0.25) is 5.02 Å². The van der Waals surface area contributed by atoms with E-state index in [2.05, 4.69) is 10.1 Å². The Morgan fingerprint density at radius 2 is 1.86 bits per heavy atom. The Labute approximate surface area is 216 Å². The molecule has 0 spiro atoms. The largest absolute Gasteiger partial charge is 0.618 e.